The van der Waals surface area contributed by atoms with E-state index in [0.29, 0.717) is 5.11 Å². The van der Waals surface area contributed by atoms with Crippen molar-refractivity contribution >= 4 is 34.6 Å². The Morgan fingerprint density at radius 3 is 2.73 bits per heavy atom. The van der Waals surface area contributed by atoms with Crippen LogP contribution in [0, 0.1) is 6.92 Å². The van der Waals surface area contributed by atoms with Crippen LogP contribution >= 0.6 is 23.8 Å². The van der Waals surface area contributed by atoms with Crippen LogP contribution in [0.5, 0.6) is 5.75 Å². The number of anilines is 1. The van der Waals surface area contributed by atoms with Crippen molar-refractivity contribution < 1.29 is 4.74 Å². The zero-order valence-corrected chi connectivity index (χ0v) is 14.2. The number of hydrogen-bond donors (Lipinski definition) is 2. The van der Waals surface area contributed by atoms with Gasteiger partial charge in [-0.05, 0) is 54.9 Å². The number of para-hydroxylation sites is 1. The van der Waals surface area contributed by atoms with Gasteiger partial charge in [-0.25, -0.2) is 0 Å². The van der Waals surface area contributed by atoms with Crippen molar-refractivity contribution in [2.45, 2.75) is 13.3 Å². The monoisotopic (exact) mass is 334 g/mol. The lowest BCUT2D eigenvalue weighted by Gasteiger charge is -2.14. The molecule has 0 aromatic heterocycles. The van der Waals surface area contributed by atoms with E-state index in [1.165, 1.54) is 0 Å². The van der Waals surface area contributed by atoms with Gasteiger partial charge in [-0.3, -0.25) is 0 Å². The van der Waals surface area contributed by atoms with Crippen LogP contribution in [0.25, 0.3) is 0 Å². The summed E-state index contributed by atoms with van der Waals surface area (Å²) in [5.41, 5.74) is 3.06. The third-order valence-electron chi connectivity index (χ3n) is 3.39. The van der Waals surface area contributed by atoms with Crippen molar-refractivity contribution in [1.82, 2.24) is 5.32 Å². The Balaban J connectivity index is 1.87. The molecule has 0 bridgehead atoms. The molecule has 0 spiro atoms. The molecule has 0 aliphatic rings. The fraction of sp³-hybridized carbons (Fsp3) is 0.235. The quantitative estimate of drug-likeness (QED) is 0.803. The second-order valence-electron chi connectivity index (χ2n) is 4.86. The number of halogens is 1. The molecule has 2 rings (SSSR count). The van der Waals surface area contributed by atoms with E-state index < -0.39 is 0 Å². The van der Waals surface area contributed by atoms with Crippen LogP contribution in [0.3, 0.4) is 0 Å². The highest BCUT2D eigenvalue weighted by Gasteiger charge is 2.05. The third kappa shape index (κ3) is 4.36. The minimum atomic E-state index is 0.584. The Labute approximate surface area is 141 Å². The molecule has 0 atom stereocenters. The number of hydrogen-bond acceptors (Lipinski definition) is 2. The molecule has 0 heterocycles. The van der Waals surface area contributed by atoms with E-state index in [0.717, 1.165) is 40.6 Å². The van der Waals surface area contributed by atoms with Crippen molar-refractivity contribution in [3.05, 3.63) is 58.6 Å². The summed E-state index contributed by atoms with van der Waals surface area (Å²) in [6.45, 7) is 2.69. The van der Waals surface area contributed by atoms with Crippen molar-refractivity contribution in [2.24, 2.45) is 0 Å². The predicted molar refractivity (Wildman–Crippen MR) is 97.1 cm³/mol. The van der Waals surface area contributed by atoms with Crippen LogP contribution in [-0.4, -0.2) is 18.8 Å². The standard InChI is InChI=1S/C17H19ClN2OS/c1-12-14(18)7-5-8-15(12)20-17(22)19-11-10-13-6-3-4-9-16(13)21-2/h3-9H,10-11H2,1-2H3,(H2,19,20,22). The van der Waals surface area contributed by atoms with Crippen LogP contribution in [0.2, 0.25) is 5.02 Å². The summed E-state index contributed by atoms with van der Waals surface area (Å²) >= 11 is 11.4. The number of nitrogens with one attached hydrogen (secondary N) is 2. The molecule has 3 nitrogen and oxygen atoms in total. The molecule has 0 saturated carbocycles. The second-order valence-corrected chi connectivity index (χ2v) is 5.67. The molecule has 0 fully saturated rings. The van der Waals surface area contributed by atoms with E-state index in [9.17, 15) is 0 Å². The van der Waals surface area contributed by atoms with Gasteiger partial charge >= 0.3 is 0 Å². The molecule has 0 saturated heterocycles. The Kier molecular flexibility index (Phi) is 6.04. The lowest BCUT2D eigenvalue weighted by atomic mass is 10.1. The van der Waals surface area contributed by atoms with Crippen LogP contribution in [0.4, 0.5) is 5.69 Å². The SMILES string of the molecule is COc1ccccc1CCNC(=S)Nc1cccc(Cl)c1C. The first-order valence-corrected chi connectivity index (χ1v) is 7.82. The zero-order valence-electron chi connectivity index (χ0n) is 12.7. The summed E-state index contributed by atoms with van der Waals surface area (Å²) in [6, 6.07) is 13.7. The van der Waals surface area contributed by atoms with Gasteiger partial charge in [0.1, 0.15) is 5.75 Å². The maximum Gasteiger partial charge on any atom is 0.170 e. The van der Waals surface area contributed by atoms with Gasteiger partial charge in [0, 0.05) is 17.3 Å². The van der Waals surface area contributed by atoms with Gasteiger partial charge in [0.15, 0.2) is 5.11 Å². The molecule has 0 unspecified atom stereocenters. The van der Waals surface area contributed by atoms with Gasteiger partial charge in [0.25, 0.3) is 0 Å². The Hall–Kier alpha value is -1.78. The van der Waals surface area contributed by atoms with Crippen LogP contribution < -0.4 is 15.4 Å². The lowest BCUT2D eigenvalue weighted by Crippen LogP contribution is -2.30. The molecule has 5 heteroatoms. The van der Waals surface area contributed by atoms with Crippen LogP contribution in [0.1, 0.15) is 11.1 Å². The van der Waals surface area contributed by atoms with Crippen LogP contribution in [-0.2, 0) is 6.42 Å². The Morgan fingerprint density at radius 2 is 1.95 bits per heavy atom. The van der Waals surface area contributed by atoms with E-state index in [-0.39, 0.29) is 0 Å². The molecule has 22 heavy (non-hydrogen) atoms. The van der Waals surface area contributed by atoms with Crippen molar-refractivity contribution in [2.75, 3.05) is 19.0 Å². The lowest BCUT2D eigenvalue weighted by molar-refractivity contribution is 0.409. The number of rotatable bonds is 5. The highest BCUT2D eigenvalue weighted by atomic mass is 35.5. The van der Waals surface area contributed by atoms with Gasteiger partial charge < -0.3 is 15.4 Å². The van der Waals surface area contributed by atoms with Gasteiger partial charge in [-0.1, -0.05) is 35.9 Å². The van der Waals surface area contributed by atoms with E-state index in [4.69, 9.17) is 28.6 Å². The first kappa shape index (κ1) is 16.6. The number of thiocarbonyl (C=S) groups is 1. The average Bonchev–Trinajstić information content (AvgIpc) is 2.52. The first-order valence-electron chi connectivity index (χ1n) is 7.03. The fourth-order valence-corrected chi connectivity index (χ4v) is 2.52. The molecule has 2 N–H and O–H groups in total. The van der Waals surface area contributed by atoms with Crippen molar-refractivity contribution in [1.29, 1.82) is 0 Å². The molecule has 0 radical (unpaired) electrons. The summed E-state index contributed by atoms with van der Waals surface area (Å²) in [6.07, 6.45) is 0.834. The largest absolute Gasteiger partial charge is 0.496 e. The van der Waals surface area contributed by atoms with E-state index in [2.05, 4.69) is 16.7 Å². The number of ether oxygens (including phenoxy) is 1. The minimum Gasteiger partial charge on any atom is -0.496 e. The molecular formula is C17H19ClN2OS. The van der Waals surface area contributed by atoms with Gasteiger partial charge in [0.05, 0.1) is 7.11 Å². The number of benzene rings is 2. The summed E-state index contributed by atoms with van der Waals surface area (Å²) < 4.78 is 5.34. The first-order chi connectivity index (χ1) is 10.6. The summed E-state index contributed by atoms with van der Waals surface area (Å²) in [5, 5.41) is 7.68. The van der Waals surface area contributed by atoms with Crippen molar-refractivity contribution in [3.8, 4) is 5.75 Å². The Bertz CT molecular complexity index is 661. The third-order valence-corrected chi connectivity index (χ3v) is 4.04. The highest BCUT2D eigenvalue weighted by molar-refractivity contribution is 7.80. The molecule has 116 valence electrons. The normalized spacial score (nSPS) is 10.1. The minimum absolute atomic E-state index is 0.584. The second kappa shape index (κ2) is 8.01. The topological polar surface area (TPSA) is 33.3 Å². The summed E-state index contributed by atoms with van der Waals surface area (Å²) in [7, 11) is 1.68. The summed E-state index contributed by atoms with van der Waals surface area (Å²) in [4.78, 5) is 0. The van der Waals surface area contributed by atoms with Crippen molar-refractivity contribution in [3.63, 3.8) is 0 Å². The zero-order chi connectivity index (χ0) is 15.9. The highest BCUT2D eigenvalue weighted by Crippen LogP contribution is 2.22. The van der Waals surface area contributed by atoms with Gasteiger partial charge in [0.2, 0.25) is 0 Å². The number of methoxy groups -OCH3 is 1. The maximum atomic E-state index is 6.10. The van der Waals surface area contributed by atoms with Gasteiger partial charge in [-0.15, -0.1) is 0 Å². The molecular weight excluding hydrogens is 316 g/mol. The predicted octanol–water partition coefficient (Wildman–Crippen LogP) is 4.19. The van der Waals surface area contributed by atoms with E-state index >= 15 is 0 Å². The van der Waals surface area contributed by atoms with Gasteiger partial charge in [-0.2, -0.15) is 0 Å². The Morgan fingerprint density at radius 1 is 1.18 bits per heavy atom. The van der Waals surface area contributed by atoms with E-state index in [1.54, 1.807) is 7.11 Å². The van der Waals surface area contributed by atoms with E-state index in [1.807, 2.05) is 43.3 Å². The smallest absolute Gasteiger partial charge is 0.170 e. The summed E-state index contributed by atoms with van der Waals surface area (Å²) in [5.74, 6) is 0.897. The molecule has 2 aromatic carbocycles. The average molecular weight is 335 g/mol. The molecule has 2 aromatic rings. The molecule has 0 aliphatic heterocycles. The maximum absolute atomic E-state index is 6.10. The van der Waals surface area contributed by atoms with Crippen LogP contribution in [0.15, 0.2) is 42.5 Å². The molecule has 0 amide bonds. The molecule has 0 aliphatic carbocycles. The fourth-order valence-electron chi connectivity index (χ4n) is 2.13.